The summed E-state index contributed by atoms with van der Waals surface area (Å²) >= 11 is 0. The molecule has 0 radical (unpaired) electrons. The molecule has 10 nitrogen and oxygen atoms in total. The van der Waals surface area contributed by atoms with Crippen LogP contribution in [0.1, 0.15) is 54.7 Å². The standard InChI is InChI=1S/C26H26O6.C15H14O4/c1-14(2)6-11-17-22-18(12-13-26(3,4)32-22)24-20(23(17)30-5)21(28)19(25(29)31-24)15-7-9-16(27)10-8-15;1-18-11-8-12(16)14(13(9-11)19-2)15(17)10-6-4-3-5-7-10/h6-10,12-13,27-28H,11H2,1-5H3;3-9,16H,1-2H3. The summed E-state index contributed by atoms with van der Waals surface area (Å²) in [5, 5.41) is 31.2. The summed E-state index contributed by atoms with van der Waals surface area (Å²) in [6.45, 7) is 7.89. The zero-order valence-electron chi connectivity index (χ0n) is 29.5. The first-order valence-electron chi connectivity index (χ1n) is 16.1. The Balaban J connectivity index is 0.000000226. The van der Waals surface area contributed by atoms with E-state index in [1.165, 1.54) is 39.5 Å². The second kappa shape index (κ2) is 14.8. The summed E-state index contributed by atoms with van der Waals surface area (Å²) in [6, 6.07) is 17.7. The van der Waals surface area contributed by atoms with Gasteiger partial charge in [0.15, 0.2) is 5.58 Å². The van der Waals surface area contributed by atoms with Crippen LogP contribution in [0.4, 0.5) is 0 Å². The third-order valence-electron chi connectivity index (χ3n) is 8.23. The number of phenols is 2. The molecule has 1 aliphatic heterocycles. The maximum atomic E-state index is 12.9. The lowest BCUT2D eigenvalue weighted by atomic mass is 9.93. The molecule has 5 aromatic rings. The maximum Gasteiger partial charge on any atom is 0.348 e. The molecule has 0 saturated carbocycles. The van der Waals surface area contributed by atoms with Gasteiger partial charge in [0, 0.05) is 23.3 Å². The molecule has 1 aliphatic rings. The molecule has 0 unspecified atom stereocenters. The van der Waals surface area contributed by atoms with Gasteiger partial charge in [0.25, 0.3) is 0 Å². The van der Waals surface area contributed by atoms with Crippen molar-refractivity contribution in [3.8, 4) is 51.4 Å². The number of aromatic hydroxyl groups is 3. The van der Waals surface area contributed by atoms with Crippen LogP contribution in [-0.2, 0) is 6.42 Å². The summed E-state index contributed by atoms with van der Waals surface area (Å²) in [5.41, 5.74) is 2.47. The molecule has 6 rings (SSSR count). The Hall–Kier alpha value is -6.16. The van der Waals surface area contributed by atoms with Gasteiger partial charge in [0.05, 0.1) is 26.9 Å². The highest BCUT2D eigenvalue weighted by molar-refractivity contribution is 6.12. The van der Waals surface area contributed by atoms with E-state index < -0.39 is 11.2 Å². The van der Waals surface area contributed by atoms with Crippen LogP contribution in [0.2, 0.25) is 0 Å². The summed E-state index contributed by atoms with van der Waals surface area (Å²) in [6.07, 6.45) is 6.31. The number of ketones is 1. The number of hydrogen-bond donors (Lipinski definition) is 3. The first-order valence-corrected chi connectivity index (χ1v) is 16.1. The highest BCUT2D eigenvalue weighted by atomic mass is 16.5. The van der Waals surface area contributed by atoms with E-state index in [1.54, 1.807) is 42.5 Å². The van der Waals surface area contributed by atoms with Gasteiger partial charge >= 0.3 is 5.63 Å². The van der Waals surface area contributed by atoms with Crippen molar-refractivity contribution in [1.82, 2.24) is 0 Å². The van der Waals surface area contributed by atoms with Crippen molar-refractivity contribution in [3.05, 3.63) is 117 Å². The molecule has 0 spiro atoms. The van der Waals surface area contributed by atoms with Gasteiger partial charge in [-0.3, -0.25) is 4.79 Å². The molecule has 0 fully saturated rings. The van der Waals surface area contributed by atoms with Crippen LogP contribution in [0.15, 0.2) is 93.7 Å². The van der Waals surface area contributed by atoms with Crippen LogP contribution < -0.4 is 24.6 Å². The predicted molar refractivity (Wildman–Crippen MR) is 196 cm³/mol. The predicted octanol–water partition coefficient (Wildman–Crippen LogP) is 8.21. The van der Waals surface area contributed by atoms with Gasteiger partial charge in [-0.05, 0) is 64.0 Å². The number of carbonyl (C=O) groups excluding carboxylic acids is 1. The summed E-state index contributed by atoms with van der Waals surface area (Å²) in [5.74, 6) is 1.03. The van der Waals surface area contributed by atoms with Gasteiger partial charge in [-0.15, -0.1) is 0 Å². The van der Waals surface area contributed by atoms with Crippen LogP contribution in [0.25, 0.3) is 28.2 Å². The molecule has 2 heterocycles. The minimum atomic E-state index is -0.694. The van der Waals surface area contributed by atoms with Gasteiger partial charge in [-0.1, -0.05) is 54.1 Å². The Bertz CT molecular complexity index is 2210. The third kappa shape index (κ3) is 7.40. The van der Waals surface area contributed by atoms with Crippen LogP contribution in [0.5, 0.6) is 40.2 Å². The monoisotopic (exact) mass is 692 g/mol. The first kappa shape index (κ1) is 36.1. The van der Waals surface area contributed by atoms with Gasteiger partial charge in [-0.2, -0.15) is 0 Å². The van der Waals surface area contributed by atoms with Crippen molar-refractivity contribution in [1.29, 1.82) is 0 Å². The molecule has 0 saturated heterocycles. The lowest BCUT2D eigenvalue weighted by molar-refractivity contribution is 0.103. The number of fused-ring (bicyclic) bond motifs is 3. The Labute approximate surface area is 295 Å². The molecule has 1 aromatic heterocycles. The Kier molecular flexibility index (Phi) is 10.5. The van der Waals surface area contributed by atoms with E-state index in [-0.39, 0.29) is 45.5 Å². The van der Waals surface area contributed by atoms with Gasteiger partial charge < -0.3 is 38.7 Å². The van der Waals surface area contributed by atoms with Crippen LogP contribution in [0.3, 0.4) is 0 Å². The molecule has 264 valence electrons. The highest BCUT2D eigenvalue weighted by Gasteiger charge is 2.32. The molecule has 10 heteroatoms. The fraction of sp³-hybridized carbons (Fsp3) is 0.220. The normalized spacial score (nSPS) is 12.5. The van der Waals surface area contributed by atoms with Gasteiger partial charge in [0.2, 0.25) is 5.78 Å². The summed E-state index contributed by atoms with van der Waals surface area (Å²) < 4.78 is 28.0. The molecule has 0 bridgehead atoms. The zero-order valence-corrected chi connectivity index (χ0v) is 29.5. The number of phenolic OH excluding ortho intramolecular Hbond substituents is 2. The number of ether oxygens (including phenoxy) is 4. The quantitative estimate of drug-likeness (QED) is 0.0826. The lowest BCUT2D eigenvalue weighted by Crippen LogP contribution is -2.28. The average molecular weight is 693 g/mol. The Morgan fingerprint density at radius 3 is 2.20 bits per heavy atom. The molecule has 4 aromatic carbocycles. The van der Waals surface area contributed by atoms with E-state index in [0.717, 1.165) is 11.1 Å². The van der Waals surface area contributed by atoms with E-state index in [2.05, 4.69) is 6.08 Å². The van der Waals surface area contributed by atoms with Crippen molar-refractivity contribution < 1.29 is 43.5 Å². The second-order valence-electron chi connectivity index (χ2n) is 12.6. The van der Waals surface area contributed by atoms with Crippen molar-refractivity contribution in [3.63, 3.8) is 0 Å². The third-order valence-corrected chi connectivity index (χ3v) is 8.23. The minimum absolute atomic E-state index is 0.00458. The zero-order chi connectivity index (χ0) is 37.0. The number of rotatable bonds is 8. The Morgan fingerprint density at radius 2 is 1.59 bits per heavy atom. The minimum Gasteiger partial charge on any atom is -0.508 e. The molecule has 51 heavy (non-hydrogen) atoms. The van der Waals surface area contributed by atoms with Crippen molar-refractivity contribution in [2.45, 2.75) is 39.7 Å². The number of benzene rings is 4. The van der Waals surface area contributed by atoms with E-state index in [4.69, 9.17) is 23.4 Å². The SMILES string of the molecule is COc1c(CC=C(C)C)c2c(c3oc(=O)c(-c4ccc(O)cc4)c(O)c13)C=CC(C)(C)O2.COc1cc(O)c(C(=O)c2ccccc2)c(OC)c1. The Morgan fingerprint density at radius 1 is 0.902 bits per heavy atom. The maximum absolute atomic E-state index is 12.9. The number of methoxy groups -OCH3 is 3. The number of allylic oxidation sites excluding steroid dienone is 2. The van der Waals surface area contributed by atoms with Crippen molar-refractivity contribution in [2.24, 2.45) is 0 Å². The molecular weight excluding hydrogens is 652 g/mol. The highest BCUT2D eigenvalue weighted by Crippen LogP contribution is 2.49. The number of carbonyl (C=O) groups is 1. The van der Waals surface area contributed by atoms with E-state index in [0.29, 0.717) is 45.7 Å². The molecule has 0 amide bonds. The van der Waals surface area contributed by atoms with Crippen LogP contribution in [0, 0.1) is 0 Å². The fourth-order valence-corrected chi connectivity index (χ4v) is 5.71. The van der Waals surface area contributed by atoms with Gasteiger partial charge in [0.1, 0.15) is 62.4 Å². The van der Waals surface area contributed by atoms with Crippen LogP contribution in [-0.4, -0.2) is 48.0 Å². The second-order valence-corrected chi connectivity index (χ2v) is 12.6. The largest absolute Gasteiger partial charge is 0.508 e. The van der Waals surface area contributed by atoms with E-state index >= 15 is 0 Å². The number of hydrogen-bond acceptors (Lipinski definition) is 10. The molecular formula is C41H40O10. The smallest absolute Gasteiger partial charge is 0.348 e. The molecule has 0 atom stereocenters. The van der Waals surface area contributed by atoms with Crippen molar-refractivity contribution >= 4 is 22.8 Å². The average Bonchev–Trinajstić information content (AvgIpc) is 3.10. The van der Waals surface area contributed by atoms with Crippen molar-refractivity contribution in [2.75, 3.05) is 21.3 Å². The van der Waals surface area contributed by atoms with E-state index in [1.807, 2.05) is 45.9 Å². The molecule has 3 N–H and O–H groups in total. The topological polar surface area (TPSA) is 145 Å². The fourth-order valence-electron chi connectivity index (χ4n) is 5.71. The van der Waals surface area contributed by atoms with E-state index in [9.17, 15) is 24.9 Å². The summed E-state index contributed by atoms with van der Waals surface area (Å²) in [4.78, 5) is 25.3. The van der Waals surface area contributed by atoms with Crippen LogP contribution >= 0.6 is 0 Å². The first-order chi connectivity index (χ1) is 24.3. The lowest BCUT2D eigenvalue weighted by Gasteiger charge is -2.31. The summed E-state index contributed by atoms with van der Waals surface area (Å²) in [7, 11) is 4.44. The molecule has 0 aliphatic carbocycles. The van der Waals surface area contributed by atoms with Gasteiger partial charge in [-0.25, -0.2) is 4.79 Å².